The molecule has 24 heavy (non-hydrogen) atoms. The molecule has 6 heteroatoms. The summed E-state index contributed by atoms with van der Waals surface area (Å²) in [6, 6.07) is 8.40. The van der Waals surface area contributed by atoms with E-state index in [0.717, 1.165) is 23.9 Å². The van der Waals surface area contributed by atoms with Gasteiger partial charge in [-0.15, -0.1) is 10.2 Å². The van der Waals surface area contributed by atoms with Gasteiger partial charge in [-0.05, 0) is 37.3 Å². The number of rotatable bonds is 4. The van der Waals surface area contributed by atoms with Crippen molar-refractivity contribution in [1.82, 2.24) is 19.7 Å². The lowest BCUT2D eigenvalue weighted by Gasteiger charge is -2.30. The molecule has 1 amide bonds. The zero-order valence-electron chi connectivity index (χ0n) is 14.1. The third-order valence-corrected chi connectivity index (χ3v) is 6.00. The Kier molecular flexibility index (Phi) is 4.08. The standard InChI is InChI=1S/C18H22N4OS/c1-12(24-18-20-19-16(21(18)2)14-7-8-14)17(23)22-10-9-13-5-3-4-6-15(13)11-22/h3-6,12,14H,7-11H2,1-2H3/t12-/m0/s1. The summed E-state index contributed by atoms with van der Waals surface area (Å²) in [5.41, 5.74) is 2.63. The average molecular weight is 342 g/mol. The first kappa shape index (κ1) is 15.7. The van der Waals surface area contributed by atoms with Crippen molar-refractivity contribution in [3.8, 4) is 0 Å². The van der Waals surface area contributed by atoms with E-state index in [1.807, 2.05) is 24.9 Å². The smallest absolute Gasteiger partial charge is 0.236 e. The first-order valence-corrected chi connectivity index (χ1v) is 9.43. The molecule has 4 rings (SSSR count). The predicted molar refractivity (Wildman–Crippen MR) is 93.9 cm³/mol. The second kappa shape index (κ2) is 6.24. The molecule has 126 valence electrons. The lowest BCUT2D eigenvalue weighted by molar-refractivity contribution is -0.131. The van der Waals surface area contributed by atoms with E-state index in [4.69, 9.17) is 0 Å². The van der Waals surface area contributed by atoms with Crippen LogP contribution in [-0.4, -0.2) is 37.4 Å². The Labute approximate surface area is 146 Å². The Morgan fingerprint density at radius 1 is 1.25 bits per heavy atom. The van der Waals surface area contributed by atoms with Gasteiger partial charge in [-0.2, -0.15) is 0 Å². The van der Waals surface area contributed by atoms with E-state index in [9.17, 15) is 4.79 Å². The highest BCUT2D eigenvalue weighted by Crippen LogP contribution is 2.39. The molecule has 2 aliphatic rings. The number of thioether (sulfide) groups is 1. The van der Waals surface area contributed by atoms with Gasteiger partial charge >= 0.3 is 0 Å². The Hall–Kier alpha value is -1.82. The summed E-state index contributed by atoms with van der Waals surface area (Å²) in [4.78, 5) is 14.8. The van der Waals surface area contributed by atoms with Crippen LogP contribution in [0.1, 0.15) is 42.6 Å². The van der Waals surface area contributed by atoms with Crippen molar-refractivity contribution >= 4 is 17.7 Å². The molecule has 0 radical (unpaired) electrons. The lowest BCUT2D eigenvalue weighted by atomic mass is 10.00. The van der Waals surface area contributed by atoms with E-state index in [0.29, 0.717) is 12.5 Å². The Morgan fingerprint density at radius 2 is 2.00 bits per heavy atom. The van der Waals surface area contributed by atoms with Crippen molar-refractivity contribution in [2.45, 2.75) is 49.1 Å². The SMILES string of the molecule is C[C@H](Sc1nnc(C2CC2)n1C)C(=O)N1CCc2ccccc2C1. The second-order valence-electron chi connectivity index (χ2n) is 6.71. The normalized spacial score (nSPS) is 18.3. The van der Waals surface area contributed by atoms with Crippen LogP contribution in [0.3, 0.4) is 0 Å². The maximum Gasteiger partial charge on any atom is 0.236 e. The fourth-order valence-electron chi connectivity index (χ4n) is 3.28. The first-order valence-electron chi connectivity index (χ1n) is 8.55. The molecule has 1 saturated carbocycles. The number of carbonyl (C=O) groups is 1. The molecular weight excluding hydrogens is 320 g/mol. The molecule has 5 nitrogen and oxygen atoms in total. The van der Waals surface area contributed by atoms with E-state index in [1.54, 1.807) is 0 Å². The molecule has 2 aromatic rings. The van der Waals surface area contributed by atoms with Gasteiger partial charge in [-0.1, -0.05) is 36.0 Å². The van der Waals surface area contributed by atoms with E-state index < -0.39 is 0 Å². The summed E-state index contributed by atoms with van der Waals surface area (Å²) in [5, 5.41) is 9.28. The topological polar surface area (TPSA) is 51.0 Å². The van der Waals surface area contributed by atoms with Crippen LogP contribution in [0.2, 0.25) is 0 Å². The van der Waals surface area contributed by atoms with E-state index in [1.165, 1.54) is 35.7 Å². The van der Waals surface area contributed by atoms with Gasteiger partial charge in [-0.25, -0.2) is 0 Å². The quantitative estimate of drug-likeness (QED) is 0.802. The Bertz CT molecular complexity index is 768. The number of hydrogen-bond acceptors (Lipinski definition) is 4. The summed E-state index contributed by atoms with van der Waals surface area (Å²) >= 11 is 1.52. The number of hydrogen-bond donors (Lipinski definition) is 0. The highest BCUT2D eigenvalue weighted by atomic mass is 32.2. The average Bonchev–Trinajstić information content (AvgIpc) is 3.39. The molecule has 1 atom stereocenters. The van der Waals surface area contributed by atoms with Gasteiger partial charge in [0.1, 0.15) is 5.82 Å². The molecule has 1 aliphatic carbocycles. The van der Waals surface area contributed by atoms with E-state index in [-0.39, 0.29) is 11.2 Å². The maximum absolute atomic E-state index is 12.8. The van der Waals surface area contributed by atoms with Gasteiger partial charge in [0.05, 0.1) is 5.25 Å². The maximum atomic E-state index is 12.8. The Morgan fingerprint density at radius 3 is 2.75 bits per heavy atom. The minimum absolute atomic E-state index is 0.148. The highest BCUT2D eigenvalue weighted by Gasteiger charge is 2.31. The molecule has 0 N–H and O–H groups in total. The van der Waals surface area contributed by atoms with Crippen molar-refractivity contribution in [3.05, 3.63) is 41.2 Å². The molecule has 0 saturated heterocycles. The minimum Gasteiger partial charge on any atom is -0.337 e. The van der Waals surface area contributed by atoms with Gasteiger partial charge in [0.2, 0.25) is 5.91 Å². The molecule has 0 unspecified atom stereocenters. The van der Waals surface area contributed by atoms with E-state index in [2.05, 4.69) is 33.0 Å². The van der Waals surface area contributed by atoms with Crippen LogP contribution < -0.4 is 0 Å². The molecule has 1 fully saturated rings. The summed E-state index contributed by atoms with van der Waals surface area (Å²) in [5.74, 6) is 1.82. The second-order valence-corrected chi connectivity index (χ2v) is 8.02. The number of nitrogens with zero attached hydrogens (tertiary/aromatic N) is 4. The largest absolute Gasteiger partial charge is 0.337 e. The zero-order valence-corrected chi connectivity index (χ0v) is 14.9. The van der Waals surface area contributed by atoms with Gasteiger partial charge in [0, 0.05) is 26.1 Å². The number of carbonyl (C=O) groups excluding carboxylic acids is 1. The van der Waals surface area contributed by atoms with Crippen LogP contribution in [0, 0.1) is 0 Å². The molecule has 0 bridgehead atoms. The van der Waals surface area contributed by atoms with Crippen molar-refractivity contribution in [2.75, 3.05) is 6.54 Å². The minimum atomic E-state index is -0.148. The van der Waals surface area contributed by atoms with Crippen LogP contribution in [-0.2, 0) is 24.8 Å². The number of amides is 1. The molecule has 0 spiro atoms. The van der Waals surface area contributed by atoms with Crippen LogP contribution in [0.25, 0.3) is 0 Å². The van der Waals surface area contributed by atoms with Crippen molar-refractivity contribution in [1.29, 1.82) is 0 Å². The fraction of sp³-hybridized carbons (Fsp3) is 0.500. The number of aromatic nitrogens is 3. The number of benzene rings is 1. The zero-order chi connectivity index (χ0) is 16.7. The third kappa shape index (κ3) is 2.95. The fourth-order valence-corrected chi connectivity index (χ4v) is 4.18. The van der Waals surface area contributed by atoms with Crippen molar-refractivity contribution in [2.24, 2.45) is 7.05 Å². The van der Waals surface area contributed by atoms with Crippen LogP contribution >= 0.6 is 11.8 Å². The van der Waals surface area contributed by atoms with Gasteiger partial charge in [-0.3, -0.25) is 4.79 Å². The lowest BCUT2D eigenvalue weighted by Crippen LogP contribution is -2.40. The Balaban J connectivity index is 1.43. The molecule has 1 aromatic heterocycles. The van der Waals surface area contributed by atoms with Gasteiger partial charge < -0.3 is 9.47 Å². The summed E-state index contributed by atoms with van der Waals surface area (Å²) in [6.45, 7) is 3.48. The van der Waals surface area contributed by atoms with Gasteiger partial charge in [0.25, 0.3) is 0 Å². The van der Waals surface area contributed by atoms with Crippen LogP contribution in [0.4, 0.5) is 0 Å². The van der Waals surface area contributed by atoms with E-state index >= 15 is 0 Å². The highest BCUT2D eigenvalue weighted by molar-refractivity contribution is 8.00. The monoisotopic (exact) mass is 342 g/mol. The first-order chi connectivity index (χ1) is 11.6. The molecular formula is C18H22N4OS. The molecule has 1 aliphatic heterocycles. The van der Waals surface area contributed by atoms with Crippen molar-refractivity contribution < 1.29 is 4.79 Å². The van der Waals surface area contributed by atoms with Gasteiger partial charge in [0.15, 0.2) is 5.16 Å². The molecule has 1 aromatic carbocycles. The summed E-state index contributed by atoms with van der Waals surface area (Å²) in [7, 11) is 2.00. The van der Waals surface area contributed by atoms with Crippen LogP contribution in [0.5, 0.6) is 0 Å². The summed E-state index contributed by atoms with van der Waals surface area (Å²) in [6.07, 6.45) is 3.35. The third-order valence-electron chi connectivity index (χ3n) is 4.88. The summed E-state index contributed by atoms with van der Waals surface area (Å²) < 4.78 is 2.05. The number of fused-ring (bicyclic) bond motifs is 1. The van der Waals surface area contributed by atoms with Crippen LogP contribution in [0.15, 0.2) is 29.4 Å². The van der Waals surface area contributed by atoms with Crippen molar-refractivity contribution in [3.63, 3.8) is 0 Å². The predicted octanol–water partition coefficient (Wildman–Crippen LogP) is 2.76. The molecule has 2 heterocycles.